The van der Waals surface area contributed by atoms with Gasteiger partial charge in [-0.2, -0.15) is 0 Å². The average Bonchev–Trinajstić information content (AvgIpc) is 1.99. The lowest BCUT2D eigenvalue weighted by Gasteiger charge is -2.05. The van der Waals surface area contributed by atoms with Crippen LogP contribution in [0.3, 0.4) is 0 Å². The summed E-state index contributed by atoms with van der Waals surface area (Å²) in [5, 5.41) is 8.68. The predicted octanol–water partition coefficient (Wildman–Crippen LogP) is 1.11. The van der Waals surface area contributed by atoms with Crippen molar-refractivity contribution >= 4 is 5.69 Å². The molecule has 1 aromatic carbocycles. The first-order valence-electron chi connectivity index (χ1n) is 3.70. The van der Waals surface area contributed by atoms with Gasteiger partial charge in [-0.05, 0) is 24.5 Å². The molecule has 0 atom stereocenters. The number of aliphatic hydroxyl groups is 1. The molecule has 0 saturated carbocycles. The van der Waals surface area contributed by atoms with Crippen LogP contribution < -0.4 is 5.73 Å². The smallest absolute Gasteiger partial charge is 0.0472 e. The van der Waals surface area contributed by atoms with E-state index in [4.69, 9.17) is 10.8 Å². The molecule has 11 heavy (non-hydrogen) atoms. The zero-order valence-corrected chi connectivity index (χ0v) is 6.67. The molecule has 0 spiro atoms. The lowest BCUT2D eigenvalue weighted by Crippen LogP contribution is -1.99. The Bertz CT molecular complexity index is 245. The first-order chi connectivity index (χ1) is 5.25. The molecule has 0 radical (unpaired) electrons. The van der Waals surface area contributed by atoms with E-state index in [1.54, 1.807) is 0 Å². The highest BCUT2D eigenvalue weighted by Gasteiger charge is 1.98. The van der Waals surface area contributed by atoms with Gasteiger partial charge in [-0.3, -0.25) is 0 Å². The normalized spacial score (nSPS) is 10.0. The number of para-hydroxylation sites is 1. The molecule has 0 aliphatic heterocycles. The Hall–Kier alpha value is -1.02. The molecule has 0 saturated heterocycles. The van der Waals surface area contributed by atoms with Gasteiger partial charge in [0.25, 0.3) is 0 Å². The van der Waals surface area contributed by atoms with Gasteiger partial charge in [0, 0.05) is 12.3 Å². The zero-order valence-electron chi connectivity index (χ0n) is 6.67. The largest absolute Gasteiger partial charge is 0.398 e. The third kappa shape index (κ3) is 1.71. The number of rotatable bonds is 2. The maximum atomic E-state index is 8.68. The highest BCUT2D eigenvalue weighted by Crippen LogP contribution is 2.16. The molecule has 0 heterocycles. The van der Waals surface area contributed by atoms with Gasteiger partial charge in [0.15, 0.2) is 0 Å². The number of benzene rings is 1. The van der Waals surface area contributed by atoms with Crippen molar-refractivity contribution in [3.63, 3.8) is 0 Å². The third-order valence-corrected chi connectivity index (χ3v) is 1.80. The second-order valence-corrected chi connectivity index (χ2v) is 2.62. The lowest BCUT2D eigenvalue weighted by molar-refractivity contribution is 0.300. The Morgan fingerprint density at radius 2 is 2.18 bits per heavy atom. The fourth-order valence-corrected chi connectivity index (χ4v) is 1.08. The Labute approximate surface area is 66.7 Å². The van der Waals surface area contributed by atoms with Crippen molar-refractivity contribution in [1.82, 2.24) is 0 Å². The first-order valence-corrected chi connectivity index (χ1v) is 3.70. The predicted molar refractivity (Wildman–Crippen MR) is 46.4 cm³/mol. The molecule has 2 heteroatoms. The molecule has 0 aliphatic rings. The maximum absolute atomic E-state index is 8.68. The summed E-state index contributed by atoms with van der Waals surface area (Å²) >= 11 is 0. The number of anilines is 1. The number of nitrogen functional groups attached to an aromatic ring is 1. The summed E-state index contributed by atoms with van der Waals surface area (Å²) in [6.45, 7) is 2.13. The highest BCUT2D eigenvalue weighted by molar-refractivity contribution is 5.53. The van der Waals surface area contributed by atoms with E-state index in [-0.39, 0.29) is 6.61 Å². The van der Waals surface area contributed by atoms with Gasteiger partial charge in [-0.15, -0.1) is 0 Å². The maximum Gasteiger partial charge on any atom is 0.0472 e. The first kappa shape index (κ1) is 8.08. The number of aliphatic hydroxyl groups excluding tert-OH is 1. The van der Waals surface area contributed by atoms with Crippen LogP contribution in [0.5, 0.6) is 0 Å². The second kappa shape index (κ2) is 3.39. The van der Waals surface area contributed by atoms with E-state index in [1.165, 1.54) is 0 Å². The number of nitrogens with two attached hydrogens (primary N) is 1. The molecule has 0 aliphatic carbocycles. The van der Waals surface area contributed by atoms with Gasteiger partial charge < -0.3 is 10.8 Å². The number of aryl methyl sites for hydroxylation is 1. The summed E-state index contributed by atoms with van der Waals surface area (Å²) < 4.78 is 0. The van der Waals surface area contributed by atoms with Crippen LogP contribution >= 0.6 is 0 Å². The van der Waals surface area contributed by atoms with Crippen molar-refractivity contribution in [3.8, 4) is 0 Å². The fourth-order valence-electron chi connectivity index (χ4n) is 1.08. The minimum Gasteiger partial charge on any atom is -0.398 e. The van der Waals surface area contributed by atoms with E-state index in [2.05, 4.69) is 0 Å². The monoisotopic (exact) mass is 151 g/mol. The van der Waals surface area contributed by atoms with Crippen LogP contribution in [0.15, 0.2) is 18.2 Å². The van der Waals surface area contributed by atoms with E-state index in [0.29, 0.717) is 6.42 Å². The zero-order chi connectivity index (χ0) is 8.27. The lowest BCUT2D eigenvalue weighted by atomic mass is 10.1. The van der Waals surface area contributed by atoms with Crippen LogP contribution in [-0.4, -0.2) is 11.7 Å². The fraction of sp³-hybridized carbons (Fsp3) is 0.333. The standard InChI is InChI=1S/C9H13NO/c1-7-3-2-4-8(5-6-11)9(7)10/h2-4,11H,5-6,10H2,1H3. The van der Waals surface area contributed by atoms with E-state index in [9.17, 15) is 0 Å². The van der Waals surface area contributed by atoms with E-state index >= 15 is 0 Å². The molecular formula is C9H13NO. The van der Waals surface area contributed by atoms with Gasteiger partial charge in [0.2, 0.25) is 0 Å². The van der Waals surface area contributed by atoms with Gasteiger partial charge in [0.1, 0.15) is 0 Å². The van der Waals surface area contributed by atoms with Crippen LogP contribution in [0, 0.1) is 6.92 Å². The van der Waals surface area contributed by atoms with E-state index < -0.39 is 0 Å². The SMILES string of the molecule is Cc1cccc(CCO)c1N. The summed E-state index contributed by atoms with van der Waals surface area (Å²) in [4.78, 5) is 0. The molecule has 0 bridgehead atoms. The topological polar surface area (TPSA) is 46.2 Å². The number of hydrogen-bond donors (Lipinski definition) is 2. The molecule has 0 fully saturated rings. The van der Waals surface area contributed by atoms with Crippen molar-refractivity contribution in [1.29, 1.82) is 0 Å². The summed E-state index contributed by atoms with van der Waals surface area (Å²) in [5.74, 6) is 0. The van der Waals surface area contributed by atoms with Crippen molar-refractivity contribution in [3.05, 3.63) is 29.3 Å². The summed E-state index contributed by atoms with van der Waals surface area (Å²) in [6.07, 6.45) is 0.646. The number of hydrogen-bond acceptors (Lipinski definition) is 2. The minimum absolute atomic E-state index is 0.160. The van der Waals surface area contributed by atoms with Crippen molar-refractivity contribution < 1.29 is 5.11 Å². The van der Waals surface area contributed by atoms with Crippen molar-refractivity contribution in [2.24, 2.45) is 0 Å². The Balaban J connectivity index is 2.96. The molecule has 1 aromatic rings. The summed E-state index contributed by atoms with van der Waals surface area (Å²) in [7, 11) is 0. The molecule has 0 unspecified atom stereocenters. The van der Waals surface area contributed by atoms with Gasteiger partial charge in [-0.25, -0.2) is 0 Å². The Kier molecular flexibility index (Phi) is 2.49. The highest BCUT2D eigenvalue weighted by atomic mass is 16.2. The van der Waals surface area contributed by atoms with E-state index in [0.717, 1.165) is 16.8 Å². The Morgan fingerprint density at radius 3 is 2.82 bits per heavy atom. The van der Waals surface area contributed by atoms with Gasteiger partial charge in [-0.1, -0.05) is 18.2 Å². The van der Waals surface area contributed by atoms with Crippen molar-refractivity contribution in [2.45, 2.75) is 13.3 Å². The van der Waals surface area contributed by atoms with Crippen LogP contribution in [0.1, 0.15) is 11.1 Å². The van der Waals surface area contributed by atoms with Crippen LogP contribution in [0.2, 0.25) is 0 Å². The molecule has 60 valence electrons. The molecule has 1 rings (SSSR count). The van der Waals surface area contributed by atoms with Gasteiger partial charge in [0.05, 0.1) is 0 Å². The molecular weight excluding hydrogens is 138 g/mol. The minimum atomic E-state index is 0.160. The molecule has 2 nitrogen and oxygen atoms in total. The van der Waals surface area contributed by atoms with E-state index in [1.807, 2.05) is 25.1 Å². The molecule has 3 N–H and O–H groups in total. The second-order valence-electron chi connectivity index (χ2n) is 2.62. The quantitative estimate of drug-likeness (QED) is 0.622. The average molecular weight is 151 g/mol. The molecule has 0 aromatic heterocycles. The summed E-state index contributed by atoms with van der Waals surface area (Å²) in [5.41, 5.74) is 8.68. The van der Waals surface area contributed by atoms with Crippen LogP contribution in [-0.2, 0) is 6.42 Å². The van der Waals surface area contributed by atoms with Crippen LogP contribution in [0.4, 0.5) is 5.69 Å². The van der Waals surface area contributed by atoms with Gasteiger partial charge >= 0.3 is 0 Å². The van der Waals surface area contributed by atoms with Crippen molar-refractivity contribution in [2.75, 3.05) is 12.3 Å². The molecule has 0 amide bonds. The summed E-state index contributed by atoms with van der Waals surface area (Å²) in [6, 6.07) is 5.87. The van der Waals surface area contributed by atoms with Crippen LogP contribution in [0.25, 0.3) is 0 Å². The third-order valence-electron chi connectivity index (χ3n) is 1.80. The Morgan fingerprint density at radius 1 is 1.45 bits per heavy atom.